The number of carbonyl (C=O) groups excluding carboxylic acids is 2. The van der Waals surface area contributed by atoms with Crippen LogP contribution in [0.15, 0.2) is 36.4 Å². The molecule has 0 fully saturated rings. The lowest BCUT2D eigenvalue weighted by Crippen LogP contribution is -2.28. The maximum Gasteiger partial charge on any atom is 0.387 e. The second kappa shape index (κ2) is 9.09. The number of phenols is 1. The zero-order valence-electron chi connectivity index (χ0n) is 16.4. The summed E-state index contributed by atoms with van der Waals surface area (Å²) in [4.78, 5) is 25.3. The van der Waals surface area contributed by atoms with Gasteiger partial charge in [-0.1, -0.05) is 0 Å². The molecule has 2 aromatic carbocycles. The van der Waals surface area contributed by atoms with Gasteiger partial charge in [0.2, 0.25) is 5.91 Å². The van der Waals surface area contributed by atoms with E-state index in [9.17, 15) is 27.9 Å². The van der Waals surface area contributed by atoms with Crippen LogP contribution in [0, 0.1) is 12.7 Å². The molecule has 3 aromatic rings. The summed E-state index contributed by atoms with van der Waals surface area (Å²) >= 11 is 0. The van der Waals surface area contributed by atoms with Crippen LogP contribution in [0.3, 0.4) is 0 Å². The molecule has 1 heterocycles. The zero-order valence-corrected chi connectivity index (χ0v) is 16.4. The second-order valence-corrected chi connectivity index (χ2v) is 6.68. The largest absolute Gasteiger partial charge is 0.505 e. The highest BCUT2D eigenvalue weighted by Crippen LogP contribution is 2.32. The molecule has 0 atom stereocenters. The Bertz CT molecular complexity index is 1130. The molecule has 0 saturated carbocycles. The van der Waals surface area contributed by atoms with E-state index in [-0.39, 0.29) is 36.4 Å². The fourth-order valence-corrected chi connectivity index (χ4v) is 3.30. The first-order chi connectivity index (χ1) is 14.7. The molecule has 0 aliphatic carbocycles. The molecule has 10 heteroatoms. The third-order valence-electron chi connectivity index (χ3n) is 4.70. The number of aliphatic hydroxyl groups excluding tert-OH is 1. The van der Waals surface area contributed by atoms with Crippen LogP contribution in [-0.2, 0) is 11.2 Å². The van der Waals surface area contributed by atoms with E-state index in [2.05, 4.69) is 10.1 Å². The normalized spacial score (nSPS) is 11.2. The van der Waals surface area contributed by atoms with Crippen molar-refractivity contribution < 1.29 is 37.7 Å². The summed E-state index contributed by atoms with van der Waals surface area (Å²) in [5, 5.41) is 21.5. The number of alkyl halides is 2. The molecule has 164 valence electrons. The molecule has 0 saturated heterocycles. The van der Waals surface area contributed by atoms with Crippen LogP contribution in [0.5, 0.6) is 11.5 Å². The number of halogens is 3. The topological polar surface area (TPSA) is 101 Å². The molecule has 0 spiro atoms. The molecule has 7 nitrogen and oxygen atoms in total. The number of rotatable bonds is 7. The van der Waals surface area contributed by atoms with Crippen LogP contribution >= 0.6 is 0 Å². The van der Waals surface area contributed by atoms with Crippen LogP contribution in [0.2, 0.25) is 0 Å². The number of aliphatic hydroxyl groups is 1. The lowest BCUT2D eigenvalue weighted by atomic mass is 10.1. The van der Waals surface area contributed by atoms with Crippen molar-refractivity contribution in [3.05, 3.63) is 59.0 Å². The number of nitrogens with one attached hydrogen (secondary N) is 1. The predicted molar refractivity (Wildman–Crippen MR) is 105 cm³/mol. The lowest BCUT2D eigenvalue weighted by Gasteiger charge is -2.09. The van der Waals surface area contributed by atoms with Gasteiger partial charge in [-0.25, -0.2) is 4.39 Å². The number of aromatic nitrogens is 1. The van der Waals surface area contributed by atoms with Gasteiger partial charge in [-0.05, 0) is 42.8 Å². The number of amides is 1. The molecule has 31 heavy (non-hydrogen) atoms. The molecule has 0 radical (unpaired) electrons. The van der Waals surface area contributed by atoms with E-state index in [0.717, 1.165) is 12.1 Å². The van der Waals surface area contributed by atoms with Crippen LogP contribution in [0.25, 0.3) is 10.9 Å². The number of carbonyl (C=O) groups is 2. The predicted octanol–water partition coefficient (Wildman–Crippen LogP) is 2.74. The van der Waals surface area contributed by atoms with Crippen molar-refractivity contribution in [2.45, 2.75) is 20.0 Å². The smallest absolute Gasteiger partial charge is 0.387 e. The molecule has 0 unspecified atom stereocenters. The summed E-state index contributed by atoms with van der Waals surface area (Å²) in [5.74, 6) is -2.73. The lowest BCUT2D eigenvalue weighted by molar-refractivity contribution is -0.120. The maximum absolute atomic E-state index is 14.1. The molecular weight excluding hydrogens is 417 g/mol. The van der Waals surface area contributed by atoms with Crippen molar-refractivity contribution in [2.24, 2.45) is 0 Å². The minimum atomic E-state index is -3.01. The fourth-order valence-electron chi connectivity index (χ4n) is 3.30. The number of benzene rings is 2. The Morgan fingerprint density at radius 1 is 1.19 bits per heavy atom. The molecule has 1 aromatic heterocycles. The van der Waals surface area contributed by atoms with Crippen molar-refractivity contribution in [2.75, 3.05) is 13.2 Å². The average Bonchev–Trinajstić information content (AvgIpc) is 2.97. The van der Waals surface area contributed by atoms with Gasteiger partial charge in [0.15, 0.2) is 11.6 Å². The molecular formula is C21H19F3N2O5. The highest BCUT2D eigenvalue weighted by Gasteiger charge is 2.23. The van der Waals surface area contributed by atoms with Crippen LogP contribution in [0.1, 0.15) is 21.6 Å². The monoisotopic (exact) mass is 436 g/mol. The first-order valence-electron chi connectivity index (χ1n) is 9.22. The first kappa shape index (κ1) is 22.2. The fraction of sp³-hybridized carbons (Fsp3) is 0.238. The Balaban J connectivity index is 2.06. The number of aromatic hydroxyl groups is 1. The van der Waals surface area contributed by atoms with Gasteiger partial charge in [0, 0.05) is 29.3 Å². The highest BCUT2D eigenvalue weighted by atomic mass is 19.3. The molecule has 3 rings (SSSR count). The standard InChI is InChI=1S/C21H19F3N2O5/c1-11-14(9-19(29)25-6-7-27)15-8-18(28)16(22)10-17(15)26(11)20(30)12-2-4-13(5-3-12)31-21(23)24/h2-5,8,10,21,27-28H,6-7,9H2,1H3,(H,25,29). The van der Waals surface area contributed by atoms with Crippen molar-refractivity contribution in [3.8, 4) is 11.5 Å². The van der Waals surface area contributed by atoms with Crippen molar-refractivity contribution in [1.82, 2.24) is 9.88 Å². The van der Waals surface area contributed by atoms with E-state index in [0.29, 0.717) is 16.6 Å². The quantitative estimate of drug-likeness (QED) is 0.529. The van der Waals surface area contributed by atoms with E-state index in [1.807, 2.05) is 0 Å². The summed E-state index contributed by atoms with van der Waals surface area (Å²) in [6, 6.07) is 7.10. The highest BCUT2D eigenvalue weighted by molar-refractivity contribution is 6.05. The summed E-state index contributed by atoms with van der Waals surface area (Å²) in [6.07, 6.45) is -0.172. The van der Waals surface area contributed by atoms with E-state index in [1.165, 1.54) is 28.8 Å². The van der Waals surface area contributed by atoms with Gasteiger partial charge in [0.1, 0.15) is 5.75 Å². The minimum Gasteiger partial charge on any atom is -0.505 e. The van der Waals surface area contributed by atoms with E-state index in [1.54, 1.807) is 6.92 Å². The Hall–Kier alpha value is -3.53. The maximum atomic E-state index is 14.1. The summed E-state index contributed by atoms with van der Waals surface area (Å²) in [7, 11) is 0. The van der Waals surface area contributed by atoms with Crippen LogP contribution < -0.4 is 10.1 Å². The van der Waals surface area contributed by atoms with Gasteiger partial charge in [-0.3, -0.25) is 14.2 Å². The van der Waals surface area contributed by atoms with E-state index in [4.69, 9.17) is 5.11 Å². The Kier molecular flexibility index (Phi) is 6.50. The number of ether oxygens (including phenoxy) is 1. The zero-order chi connectivity index (χ0) is 22.7. The van der Waals surface area contributed by atoms with Gasteiger partial charge < -0.3 is 20.3 Å². The van der Waals surface area contributed by atoms with Crippen molar-refractivity contribution in [3.63, 3.8) is 0 Å². The molecule has 0 aliphatic heterocycles. The van der Waals surface area contributed by atoms with Crippen LogP contribution in [-0.4, -0.2) is 46.4 Å². The van der Waals surface area contributed by atoms with E-state index >= 15 is 0 Å². The van der Waals surface area contributed by atoms with Crippen molar-refractivity contribution in [1.29, 1.82) is 0 Å². The van der Waals surface area contributed by atoms with Gasteiger partial charge in [0.25, 0.3) is 5.91 Å². The third kappa shape index (κ3) is 4.64. The molecule has 0 bridgehead atoms. The SMILES string of the molecule is Cc1c(CC(=O)NCCO)c2cc(O)c(F)cc2n1C(=O)c1ccc(OC(F)F)cc1. The Labute approximate surface area is 174 Å². The Morgan fingerprint density at radius 2 is 1.87 bits per heavy atom. The van der Waals surface area contributed by atoms with Crippen LogP contribution in [0.4, 0.5) is 13.2 Å². The minimum absolute atomic E-state index is 0.0440. The summed E-state index contributed by atoms with van der Waals surface area (Å²) in [6.45, 7) is -1.65. The number of hydrogen-bond acceptors (Lipinski definition) is 5. The first-order valence-corrected chi connectivity index (χ1v) is 9.22. The van der Waals surface area contributed by atoms with Gasteiger partial charge in [0.05, 0.1) is 18.5 Å². The van der Waals surface area contributed by atoms with Gasteiger partial charge >= 0.3 is 6.61 Å². The number of phenolic OH excluding ortho intramolecular Hbond substituents is 1. The van der Waals surface area contributed by atoms with Gasteiger partial charge in [-0.2, -0.15) is 8.78 Å². The number of nitrogens with zero attached hydrogens (tertiary/aromatic N) is 1. The summed E-state index contributed by atoms with van der Waals surface area (Å²) < 4.78 is 44.2. The number of hydrogen-bond donors (Lipinski definition) is 3. The van der Waals surface area contributed by atoms with Crippen molar-refractivity contribution >= 4 is 22.7 Å². The van der Waals surface area contributed by atoms with Gasteiger partial charge in [-0.15, -0.1) is 0 Å². The molecule has 3 N–H and O–H groups in total. The Morgan fingerprint density at radius 3 is 2.48 bits per heavy atom. The molecule has 0 aliphatic rings. The average molecular weight is 436 g/mol. The second-order valence-electron chi connectivity index (χ2n) is 6.68. The third-order valence-corrected chi connectivity index (χ3v) is 4.70. The molecule has 1 amide bonds. The number of fused-ring (bicyclic) bond motifs is 1. The van der Waals surface area contributed by atoms with E-state index < -0.39 is 30.0 Å². The summed E-state index contributed by atoms with van der Waals surface area (Å²) in [5.41, 5.74) is 0.992.